The SMILES string of the molecule is Cc1ccc(C(C)C)cc1Oc1cccc(Cl)c1C(=O)O. The van der Waals surface area contributed by atoms with Gasteiger partial charge in [0, 0.05) is 0 Å². The van der Waals surface area contributed by atoms with Gasteiger partial charge >= 0.3 is 5.97 Å². The van der Waals surface area contributed by atoms with E-state index in [9.17, 15) is 9.90 Å². The van der Waals surface area contributed by atoms with Crippen molar-refractivity contribution in [2.45, 2.75) is 26.7 Å². The van der Waals surface area contributed by atoms with Crippen molar-refractivity contribution in [1.29, 1.82) is 0 Å². The Morgan fingerprint density at radius 1 is 1.19 bits per heavy atom. The van der Waals surface area contributed by atoms with Crippen LogP contribution in [0.25, 0.3) is 0 Å². The molecular formula is C17H17ClO3. The molecule has 0 aliphatic carbocycles. The van der Waals surface area contributed by atoms with Crippen LogP contribution in [-0.4, -0.2) is 11.1 Å². The first kappa shape index (κ1) is 15.4. The Kier molecular flexibility index (Phi) is 4.53. The number of aromatic carboxylic acids is 1. The van der Waals surface area contributed by atoms with E-state index in [1.54, 1.807) is 12.1 Å². The lowest BCUT2D eigenvalue weighted by molar-refractivity contribution is 0.0694. The molecule has 0 fully saturated rings. The van der Waals surface area contributed by atoms with Gasteiger partial charge in [0.05, 0.1) is 5.02 Å². The Hall–Kier alpha value is -2.00. The molecule has 0 atom stereocenters. The monoisotopic (exact) mass is 304 g/mol. The van der Waals surface area contributed by atoms with Crippen LogP contribution in [-0.2, 0) is 0 Å². The molecule has 0 saturated heterocycles. The Morgan fingerprint density at radius 2 is 1.90 bits per heavy atom. The van der Waals surface area contributed by atoms with Gasteiger partial charge < -0.3 is 9.84 Å². The van der Waals surface area contributed by atoms with Crippen molar-refractivity contribution in [3.05, 3.63) is 58.1 Å². The van der Waals surface area contributed by atoms with Crippen LogP contribution in [0.1, 0.15) is 41.3 Å². The normalized spacial score (nSPS) is 10.7. The topological polar surface area (TPSA) is 46.5 Å². The second kappa shape index (κ2) is 6.19. The number of aryl methyl sites for hydroxylation is 1. The smallest absolute Gasteiger partial charge is 0.341 e. The zero-order valence-electron chi connectivity index (χ0n) is 12.2. The molecule has 0 radical (unpaired) electrons. The van der Waals surface area contributed by atoms with E-state index in [0.29, 0.717) is 11.7 Å². The van der Waals surface area contributed by atoms with Gasteiger partial charge in [-0.3, -0.25) is 0 Å². The van der Waals surface area contributed by atoms with Gasteiger partial charge in [-0.05, 0) is 42.2 Å². The molecule has 0 heterocycles. The van der Waals surface area contributed by atoms with Crippen molar-refractivity contribution in [3.8, 4) is 11.5 Å². The van der Waals surface area contributed by atoms with Crippen LogP contribution in [0.4, 0.5) is 0 Å². The highest BCUT2D eigenvalue weighted by atomic mass is 35.5. The van der Waals surface area contributed by atoms with Crippen molar-refractivity contribution >= 4 is 17.6 Å². The average Bonchev–Trinajstić information content (AvgIpc) is 2.40. The van der Waals surface area contributed by atoms with Crippen LogP contribution in [0, 0.1) is 6.92 Å². The highest BCUT2D eigenvalue weighted by Gasteiger charge is 2.17. The molecule has 2 aromatic carbocycles. The van der Waals surface area contributed by atoms with E-state index in [2.05, 4.69) is 13.8 Å². The van der Waals surface area contributed by atoms with Gasteiger partial charge in [0.25, 0.3) is 0 Å². The predicted molar refractivity (Wildman–Crippen MR) is 83.8 cm³/mol. The molecule has 0 amide bonds. The Balaban J connectivity index is 2.46. The summed E-state index contributed by atoms with van der Waals surface area (Å²) in [6, 6.07) is 10.8. The van der Waals surface area contributed by atoms with E-state index >= 15 is 0 Å². The molecule has 2 aromatic rings. The molecule has 2 rings (SSSR count). The van der Waals surface area contributed by atoms with Crippen molar-refractivity contribution in [3.63, 3.8) is 0 Å². The quantitative estimate of drug-likeness (QED) is 0.837. The molecule has 110 valence electrons. The number of carboxylic acid groups (broad SMARTS) is 1. The van der Waals surface area contributed by atoms with Gasteiger partial charge in [0.15, 0.2) is 0 Å². The average molecular weight is 305 g/mol. The van der Waals surface area contributed by atoms with Gasteiger partial charge in [-0.25, -0.2) is 4.79 Å². The first-order chi connectivity index (χ1) is 9.90. The maximum absolute atomic E-state index is 11.3. The molecule has 0 unspecified atom stereocenters. The minimum atomic E-state index is -1.10. The molecule has 0 aromatic heterocycles. The third-order valence-corrected chi connectivity index (χ3v) is 3.60. The van der Waals surface area contributed by atoms with Gasteiger partial charge in [-0.1, -0.05) is 43.6 Å². The number of carboxylic acids is 1. The third kappa shape index (κ3) is 3.37. The van der Waals surface area contributed by atoms with Gasteiger partial charge in [0.1, 0.15) is 17.1 Å². The summed E-state index contributed by atoms with van der Waals surface area (Å²) in [4.78, 5) is 11.3. The fourth-order valence-electron chi connectivity index (χ4n) is 2.00. The number of hydrogen-bond donors (Lipinski definition) is 1. The lowest BCUT2D eigenvalue weighted by Crippen LogP contribution is -2.02. The van der Waals surface area contributed by atoms with E-state index in [4.69, 9.17) is 16.3 Å². The summed E-state index contributed by atoms with van der Waals surface area (Å²) in [7, 11) is 0. The van der Waals surface area contributed by atoms with Crippen LogP contribution >= 0.6 is 11.6 Å². The molecule has 0 saturated carbocycles. The molecule has 1 N–H and O–H groups in total. The van der Waals surface area contributed by atoms with E-state index in [0.717, 1.165) is 11.1 Å². The van der Waals surface area contributed by atoms with Crippen LogP contribution in [0.5, 0.6) is 11.5 Å². The Labute approximate surface area is 129 Å². The largest absolute Gasteiger partial charge is 0.478 e. The van der Waals surface area contributed by atoms with E-state index < -0.39 is 5.97 Å². The first-order valence-corrected chi connectivity index (χ1v) is 7.08. The molecule has 0 aliphatic rings. The van der Waals surface area contributed by atoms with E-state index in [1.165, 1.54) is 6.07 Å². The summed E-state index contributed by atoms with van der Waals surface area (Å²) < 4.78 is 5.81. The highest BCUT2D eigenvalue weighted by Crippen LogP contribution is 2.33. The molecule has 0 aliphatic heterocycles. The maximum Gasteiger partial charge on any atom is 0.341 e. The second-order valence-electron chi connectivity index (χ2n) is 5.20. The predicted octanol–water partition coefficient (Wildman–Crippen LogP) is 5.26. The van der Waals surface area contributed by atoms with Crippen molar-refractivity contribution in [2.24, 2.45) is 0 Å². The minimum Gasteiger partial charge on any atom is -0.478 e. The summed E-state index contributed by atoms with van der Waals surface area (Å²) in [5.41, 5.74) is 2.05. The number of ether oxygens (including phenoxy) is 1. The molecule has 3 nitrogen and oxygen atoms in total. The zero-order chi connectivity index (χ0) is 15.6. The highest BCUT2D eigenvalue weighted by molar-refractivity contribution is 6.33. The van der Waals surface area contributed by atoms with Gasteiger partial charge in [0.2, 0.25) is 0 Å². The molecule has 0 spiro atoms. The van der Waals surface area contributed by atoms with Crippen LogP contribution in [0.2, 0.25) is 5.02 Å². The zero-order valence-corrected chi connectivity index (χ0v) is 12.9. The molecular weight excluding hydrogens is 288 g/mol. The summed E-state index contributed by atoms with van der Waals surface area (Å²) in [5.74, 6) is 0.157. The summed E-state index contributed by atoms with van der Waals surface area (Å²) in [6.45, 7) is 6.11. The number of halogens is 1. The Morgan fingerprint density at radius 3 is 2.52 bits per heavy atom. The summed E-state index contributed by atoms with van der Waals surface area (Å²) in [5, 5.41) is 9.44. The number of rotatable bonds is 4. The molecule has 0 bridgehead atoms. The lowest BCUT2D eigenvalue weighted by Gasteiger charge is -2.14. The standard InChI is InChI=1S/C17H17ClO3/c1-10(2)12-8-7-11(3)15(9-12)21-14-6-4-5-13(18)16(14)17(19)20/h4-10H,1-3H3,(H,19,20). The number of hydrogen-bond acceptors (Lipinski definition) is 2. The fourth-order valence-corrected chi connectivity index (χ4v) is 2.25. The number of carbonyl (C=O) groups is 1. The van der Waals surface area contributed by atoms with Crippen LogP contribution < -0.4 is 4.74 Å². The van der Waals surface area contributed by atoms with Gasteiger partial charge in [-0.15, -0.1) is 0 Å². The maximum atomic E-state index is 11.3. The van der Waals surface area contributed by atoms with E-state index in [-0.39, 0.29) is 16.3 Å². The van der Waals surface area contributed by atoms with E-state index in [1.807, 2.05) is 25.1 Å². The number of benzene rings is 2. The third-order valence-electron chi connectivity index (χ3n) is 3.29. The fraction of sp³-hybridized carbons (Fsp3) is 0.235. The minimum absolute atomic E-state index is 0.0199. The summed E-state index contributed by atoms with van der Waals surface area (Å²) >= 11 is 5.95. The van der Waals surface area contributed by atoms with Crippen molar-refractivity contribution in [1.82, 2.24) is 0 Å². The van der Waals surface area contributed by atoms with Gasteiger partial charge in [-0.2, -0.15) is 0 Å². The van der Waals surface area contributed by atoms with Crippen molar-refractivity contribution < 1.29 is 14.6 Å². The van der Waals surface area contributed by atoms with Crippen LogP contribution in [0.3, 0.4) is 0 Å². The second-order valence-corrected chi connectivity index (χ2v) is 5.61. The Bertz CT molecular complexity index is 678. The van der Waals surface area contributed by atoms with Crippen LogP contribution in [0.15, 0.2) is 36.4 Å². The molecule has 4 heteroatoms. The molecule has 21 heavy (non-hydrogen) atoms. The summed E-state index contributed by atoms with van der Waals surface area (Å²) in [6.07, 6.45) is 0. The lowest BCUT2D eigenvalue weighted by atomic mass is 10.0. The first-order valence-electron chi connectivity index (χ1n) is 6.70. The van der Waals surface area contributed by atoms with Crippen molar-refractivity contribution in [2.75, 3.05) is 0 Å².